The van der Waals surface area contributed by atoms with Gasteiger partial charge in [0.1, 0.15) is 12.4 Å². The molecule has 2 N–H and O–H groups in total. The molecule has 0 aliphatic carbocycles. The largest absolute Gasteiger partial charge is 0.490 e. The van der Waals surface area contributed by atoms with Gasteiger partial charge >= 0.3 is 0 Å². The normalized spacial score (nSPS) is 13.3. The van der Waals surface area contributed by atoms with Gasteiger partial charge < -0.3 is 15.4 Å². The van der Waals surface area contributed by atoms with Crippen molar-refractivity contribution >= 4 is 11.5 Å². The van der Waals surface area contributed by atoms with Crippen LogP contribution in [0.1, 0.15) is 36.5 Å². The van der Waals surface area contributed by atoms with E-state index < -0.39 is 0 Å². The van der Waals surface area contributed by atoms with Crippen molar-refractivity contribution in [1.82, 2.24) is 5.32 Å². The number of ether oxygens (including phenoxy) is 1. The van der Waals surface area contributed by atoms with Gasteiger partial charge in [-0.25, -0.2) is 0 Å². The van der Waals surface area contributed by atoms with Crippen LogP contribution in [0.2, 0.25) is 0 Å². The highest BCUT2D eigenvalue weighted by Crippen LogP contribution is 2.28. The van der Waals surface area contributed by atoms with Gasteiger partial charge in [0.2, 0.25) is 0 Å². The molecule has 0 amide bonds. The van der Waals surface area contributed by atoms with Gasteiger partial charge in [-0.3, -0.25) is 4.79 Å². The first kappa shape index (κ1) is 13.9. The molecule has 104 valence electrons. The van der Waals surface area contributed by atoms with Crippen LogP contribution in [-0.2, 0) is 0 Å². The highest BCUT2D eigenvalue weighted by atomic mass is 16.5. The van der Waals surface area contributed by atoms with Gasteiger partial charge in [0.15, 0.2) is 5.78 Å². The van der Waals surface area contributed by atoms with Gasteiger partial charge in [-0.1, -0.05) is 19.8 Å². The van der Waals surface area contributed by atoms with Crippen molar-refractivity contribution < 1.29 is 9.53 Å². The number of nitrogens with one attached hydrogen (secondary N) is 2. The maximum absolute atomic E-state index is 12.0. The van der Waals surface area contributed by atoms with E-state index >= 15 is 0 Å². The third-order valence-corrected chi connectivity index (χ3v) is 3.22. The van der Waals surface area contributed by atoms with Crippen LogP contribution < -0.4 is 15.4 Å². The Labute approximate surface area is 114 Å². The maximum Gasteiger partial charge on any atom is 0.176 e. The fraction of sp³-hybridized carbons (Fsp3) is 0.533. The molecule has 0 saturated carbocycles. The first-order chi connectivity index (χ1) is 9.31. The van der Waals surface area contributed by atoms with Crippen molar-refractivity contribution in [3.63, 3.8) is 0 Å². The summed E-state index contributed by atoms with van der Waals surface area (Å²) in [5, 5.41) is 6.44. The van der Waals surface area contributed by atoms with Gasteiger partial charge in [0.05, 0.1) is 12.2 Å². The lowest BCUT2D eigenvalue weighted by molar-refractivity contribution is 0.0991. The Hall–Kier alpha value is -1.55. The summed E-state index contributed by atoms with van der Waals surface area (Å²) in [6.45, 7) is 4.96. The molecule has 0 saturated heterocycles. The fourth-order valence-electron chi connectivity index (χ4n) is 2.12. The number of hydrogen-bond donors (Lipinski definition) is 2. The monoisotopic (exact) mass is 262 g/mol. The molecule has 0 spiro atoms. The Morgan fingerprint density at radius 2 is 2.32 bits per heavy atom. The molecule has 0 radical (unpaired) electrons. The highest BCUT2D eigenvalue weighted by Gasteiger charge is 2.12. The molecule has 0 atom stereocenters. The molecule has 1 aliphatic rings. The standard InChI is InChI=1S/C15H22N2O2/c1-2-3-4-7-16-11-14(18)12-5-6-15-13(10-12)17-8-9-19-15/h5-6,10,16-17H,2-4,7-9,11H2,1H3. The van der Waals surface area contributed by atoms with E-state index in [2.05, 4.69) is 17.6 Å². The van der Waals surface area contributed by atoms with Gasteiger partial charge in [-0.05, 0) is 31.2 Å². The van der Waals surface area contributed by atoms with Crippen LogP contribution in [0.4, 0.5) is 5.69 Å². The zero-order valence-electron chi connectivity index (χ0n) is 11.5. The highest BCUT2D eigenvalue weighted by molar-refractivity contribution is 5.98. The Bertz CT molecular complexity index is 432. The summed E-state index contributed by atoms with van der Waals surface area (Å²) in [5.41, 5.74) is 1.66. The van der Waals surface area contributed by atoms with Gasteiger partial charge in [0.25, 0.3) is 0 Å². The van der Waals surface area contributed by atoms with Crippen LogP contribution in [0.25, 0.3) is 0 Å². The second kappa shape index (κ2) is 7.14. The second-order valence-electron chi connectivity index (χ2n) is 4.79. The van der Waals surface area contributed by atoms with E-state index in [9.17, 15) is 4.79 Å². The molecule has 19 heavy (non-hydrogen) atoms. The van der Waals surface area contributed by atoms with Crippen LogP contribution in [0.15, 0.2) is 18.2 Å². The Morgan fingerprint density at radius 1 is 1.42 bits per heavy atom. The van der Waals surface area contributed by atoms with Gasteiger partial charge in [0, 0.05) is 12.1 Å². The van der Waals surface area contributed by atoms with Crippen LogP contribution in [0.5, 0.6) is 5.75 Å². The first-order valence-electron chi connectivity index (χ1n) is 7.06. The molecule has 1 heterocycles. The number of Topliss-reactive ketones (excluding diaryl/α,β-unsaturated/α-hetero) is 1. The lowest BCUT2D eigenvalue weighted by Gasteiger charge is -2.19. The number of ketones is 1. The maximum atomic E-state index is 12.0. The first-order valence-corrected chi connectivity index (χ1v) is 7.06. The van der Waals surface area contributed by atoms with Gasteiger partial charge in [-0.15, -0.1) is 0 Å². The summed E-state index contributed by atoms with van der Waals surface area (Å²) in [5.74, 6) is 0.963. The number of carbonyl (C=O) groups is 1. The van der Waals surface area contributed by atoms with Gasteiger partial charge in [-0.2, -0.15) is 0 Å². The lowest BCUT2D eigenvalue weighted by atomic mass is 10.1. The number of anilines is 1. The van der Waals surface area contributed by atoms with Crippen molar-refractivity contribution in [2.45, 2.75) is 26.2 Å². The number of unbranched alkanes of at least 4 members (excludes halogenated alkanes) is 2. The predicted molar refractivity (Wildman–Crippen MR) is 77.2 cm³/mol. The molecular weight excluding hydrogens is 240 g/mol. The molecule has 0 fully saturated rings. The van der Waals surface area contributed by atoms with Crippen LogP contribution in [-0.4, -0.2) is 32.0 Å². The lowest BCUT2D eigenvalue weighted by Crippen LogP contribution is -2.24. The zero-order chi connectivity index (χ0) is 13.5. The molecule has 0 unspecified atom stereocenters. The molecule has 2 rings (SSSR count). The molecule has 0 aromatic heterocycles. The molecule has 1 aromatic carbocycles. The number of fused-ring (bicyclic) bond motifs is 1. The van der Waals surface area contributed by atoms with Crippen molar-refractivity contribution in [1.29, 1.82) is 0 Å². The quantitative estimate of drug-likeness (QED) is 0.585. The van der Waals surface area contributed by atoms with Crippen molar-refractivity contribution in [2.75, 3.05) is 31.6 Å². The smallest absolute Gasteiger partial charge is 0.176 e. The van der Waals surface area contributed by atoms with Crippen LogP contribution in [0.3, 0.4) is 0 Å². The minimum atomic E-state index is 0.131. The van der Waals surface area contributed by atoms with E-state index in [-0.39, 0.29) is 5.78 Å². The summed E-state index contributed by atoms with van der Waals surface area (Å²) >= 11 is 0. The molecule has 1 aliphatic heterocycles. The predicted octanol–water partition coefficient (Wildman–Crippen LogP) is 2.45. The van der Waals surface area contributed by atoms with Crippen molar-refractivity contribution in [3.05, 3.63) is 23.8 Å². The van der Waals surface area contributed by atoms with E-state index in [1.165, 1.54) is 12.8 Å². The van der Waals surface area contributed by atoms with E-state index in [4.69, 9.17) is 4.74 Å². The molecule has 1 aromatic rings. The number of hydrogen-bond acceptors (Lipinski definition) is 4. The van der Waals surface area contributed by atoms with E-state index in [1.807, 2.05) is 18.2 Å². The molecular formula is C15H22N2O2. The summed E-state index contributed by atoms with van der Waals surface area (Å²) < 4.78 is 5.49. The SMILES string of the molecule is CCCCCNCC(=O)c1ccc2c(c1)NCCO2. The number of rotatable bonds is 7. The van der Waals surface area contributed by atoms with Crippen LogP contribution >= 0.6 is 0 Å². The van der Waals surface area contributed by atoms with Crippen molar-refractivity contribution in [2.24, 2.45) is 0 Å². The van der Waals surface area contributed by atoms with E-state index in [0.29, 0.717) is 13.2 Å². The summed E-state index contributed by atoms with van der Waals surface area (Å²) in [6, 6.07) is 5.58. The fourth-order valence-corrected chi connectivity index (χ4v) is 2.12. The number of benzene rings is 1. The summed E-state index contributed by atoms with van der Waals surface area (Å²) in [7, 11) is 0. The van der Waals surface area contributed by atoms with Crippen LogP contribution in [0, 0.1) is 0 Å². The minimum Gasteiger partial charge on any atom is -0.490 e. The Morgan fingerprint density at radius 3 is 3.16 bits per heavy atom. The summed E-state index contributed by atoms with van der Waals surface area (Å²) in [4.78, 5) is 12.0. The molecule has 0 bridgehead atoms. The van der Waals surface area contributed by atoms with Crippen molar-refractivity contribution in [3.8, 4) is 5.75 Å². The summed E-state index contributed by atoms with van der Waals surface area (Å²) in [6.07, 6.45) is 3.54. The topological polar surface area (TPSA) is 50.4 Å². The average Bonchev–Trinajstić information content (AvgIpc) is 2.46. The minimum absolute atomic E-state index is 0.131. The van der Waals surface area contributed by atoms with E-state index in [0.717, 1.165) is 36.5 Å². The molecule has 4 nitrogen and oxygen atoms in total. The second-order valence-corrected chi connectivity index (χ2v) is 4.79. The Kier molecular flexibility index (Phi) is 5.21. The third kappa shape index (κ3) is 3.96. The van der Waals surface area contributed by atoms with E-state index in [1.54, 1.807) is 0 Å². The Balaban J connectivity index is 1.85. The third-order valence-electron chi connectivity index (χ3n) is 3.22. The number of carbonyl (C=O) groups excluding carboxylic acids is 1. The average molecular weight is 262 g/mol. The molecule has 4 heteroatoms. The zero-order valence-corrected chi connectivity index (χ0v) is 11.5.